The predicted octanol–water partition coefficient (Wildman–Crippen LogP) is 7.89. The molecule has 1 heterocycles. The second kappa shape index (κ2) is 15.8. The maximum atomic E-state index is 12.3. The van der Waals surface area contributed by atoms with Crippen molar-refractivity contribution in [1.82, 2.24) is 15.0 Å². The second-order valence-corrected chi connectivity index (χ2v) is 8.43. The number of hydrogen-bond donors (Lipinski definition) is 0. The Morgan fingerprint density at radius 2 is 1.37 bits per heavy atom. The van der Waals surface area contributed by atoms with Crippen LogP contribution in [0, 0.1) is 0 Å². The van der Waals surface area contributed by atoms with Crippen LogP contribution in [0.15, 0.2) is 36.4 Å². The van der Waals surface area contributed by atoms with E-state index in [9.17, 15) is 4.79 Å². The van der Waals surface area contributed by atoms with Crippen LogP contribution in [-0.4, -0.2) is 20.9 Å². The zero-order chi connectivity index (χ0) is 21.3. The monoisotopic (exact) mass is 411 g/mol. The molecule has 30 heavy (non-hydrogen) atoms. The number of allylic oxidation sites excluding steroid dienone is 2. The molecule has 2 aromatic rings. The SMILES string of the molecule is CCCCCCCCCCCC/C=C/CCCCCC(=O)n1nnc2ccccc21. The lowest BCUT2D eigenvalue weighted by Crippen LogP contribution is -2.12. The molecule has 0 saturated heterocycles. The van der Waals surface area contributed by atoms with Gasteiger partial charge in [0.15, 0.2) is 0 Å². The van der Waals surface area contributed by atoms with Crippen molar-refractivity contribution in [2.75, 3.05) is 0 Å². The number of hydrogen-bond acceptors (Lipinski definition) is 3. The van der Waals surface area contributed by atoms with Gasteiger partial charge < -0.3 is 0 Å². The summed E-state index contributed by atoms with van der Waals surface area (Å²) in [5.41, 5.74) is 1.58. The molecule has 0 bridgehead atoms. The summed E-state index contributed by atoms with van der Waals surface area (Å²) >= 11 is 0. The smallest absolute Gasteiger partial charge is 0.248 e. The Bertz CT molecular complexity index is 735. The van der Waals surface area contributed by atoms with Gasteiger partial charge in [-0.25, -0.2) is 0 Å². The van der Waals surface area contributed by atoms with E-state index in [0.717, 1.165) is 36.7 Å². The molecule has 0 aliphatic rings. The molecule has 0 unspecified atom stereocenters. The van der Waals surface area contributed by atoms with Crippen molar-refractivity contribution in [1.29, 1.82) is 0 Å². The van der Waals surface area contributed by atoms with Crippen molar-refractivity contribution in [2.45, 2.75) is 110 Å². The average Bonchev–Trinajstić information content (AvgIpc) is 3.20. The third-order valence-electron chi connectivity index (χ3n) is 5.74. The zero-order valence-corrected chi connectivity index (χ0v) is 19.0. The lowest BCUT2D eigenvalue weighted by Gasteiger charge is -2.01. The summed E-state index contributed by atoms with van der Waals surface area (Å²) in [5.74, 6) is 0.0419. The summed E-state index contributed by atoms with van der Waals surface area (Å²) in [6.07, 6.45) is 24.7. The highest BCUT2D eigenvalue weighted by atomic mass is 16.2. The standard InChI is InChI=1S/C26H41N3O/c1-2-3-4-5-6-7-8-9-10-11-12-13-14-15-16-17-18-23-26(30)29-25-22-20-19-21-24(25)27-28-29/h13-14,19-22H,2-12,15-18,23H2,1H3/b14-13+. The van der Waals surface area contributed by atoms with Crippen LogP contribution in [0.1, 0.15) is 114 Å². The highest BCUT2D eigenvalue weighted by Gasteiger charge is 2.10. The van der Waals surface area contributed by atoms with Crippen LogP contribution in [0.4, 0.5) is 0 Å². The number of para-hydroxylation sites is 1. The summed E-state index contributed by atoms with van der Waals surface area (Å²) in [6, 6.07) is 7.61. The minimum atomic E-state index is 0.0419. The van der Waals surface area contributed by atoms with Crippen molar-refractivity contribution in [3.8, 4) is 0 Å². The fourth-order valence-electron chi connectivity index (χ4n) is 3.86. The average molecular weight is 412 g/mol. The third kappa shape index (κ3) is 9.69. The fourth-order valence-corrected chi connectivity index (χ4v) is 3.86. The van der Waals surface area contributed by atoms with Crippen molar-refractivity contribution in [3.63, 3.8) is 0 Å². The first-order valence-corrected chi connectivity index (χ1v) is 12.3. The van der Waals surface area contributed by atoms with E-state index >= 15 is 0 Å². The van der Waals surface area contributed by atoms with Gasteiger partial charge in [-0.15, -0.1) is 5.10 Å². The van der Waals surface area contributed by atoms with E-state index < -0.39 is 0 Å². The first-order chi connectivity index (χ1) is 14.8. The van der Waals surface area contributed by atoms with E-state index in [-0.39, 0.29) is 5.91 Å². The maximum Gasteiger partial charge on any atom is 0.248 e. The molecule has 2 rings (SSSR count). The Labute approximate surface area is 183 Å². The molecular formula is C26H41N3O. The molecule has 1 aromatic carbocycles. The van der Waals surface area contributed by atoms with E-state index in [1.54, 1.807) is 0 Å². The molecule has 0 fully saturated rings. The van der Waals surface area contributed by atoms with Crippen LogP contribution in [0.5, 0.6) is 0 Å². The minimum Gasteiger partial charge on any atom is -0.273 e. The van der Waals surface area contributed by atoms with Gasteiger partial charge in [0.1, 0.15) is 5.52 Å². The molecule has 0 aliphatic heterocycles. The second-order valence-electron chi connectivity index (χ2n) is 8.43. The Balaban J connectivity index is 1.39. The zero-order valence-electron chi connectivity index (χ0n) is 19.0. The van der Waals surface area contributed by atoms with E-state index in [2.05, 4.69) is 29.4 Å². The number of carbonyl (C=O) groups excluding carboxylic acids is 1. The van der Waals surface area contributed by atoms with Crippen molar-refractivity contribution in [2.24, 2.45) is 0 Å². The van der Waals surface area contributed by atoms with Crippen molar-refractivity contribution < 1.29 is 4.79 Å². The normalized spacial score (nSPS) is 11.6. The van der Waals surface area contributed by atoms with Gasteiger partial charge in [-0.1, -0.05) is 101 Å². The fraction of sp³-hybridized carbons (Fsp3) is 0.654. The largest absolute Gasteiger partial charge is 0.273 e. The van der Waals surface area contributed by atoms with Crippen LogP contribution in [0.3, 0.4) is 0 Å². The van der Waals surface area contributed by atoms with Crippen LogP contribution in [0.2, 0.25) is 0 Å². The van der Waals surface area contributed by atoms with Gasteiger partial charge in [-0.2, -0.15) is 4.68 Å². The molecule has 0 N–H and O–H groups in total. The van der Waals surface area contributed by atoms with Crippen LogP contribution in [-0.2, 0) is 0 Å². The molecule has 4 nitrogen and oxygen atoms in total. The summed E-state index contributed by atoms with van der Waals surface area (Å²) in [5, 5.41) is 8.05. The van der Waals surface area contributed by atoms with Gasteiger partial charge in [0.2, 0.25) is 5.91 Å². The summed E-state index contributed by atoms with van der Waals surface area (Å²) < 4.78 is 1.45. The molecule has 0 saturated carbocycles. The quantitative estimate of drug-likeness (QED) is 0.196. The van der Waals surface area contributed by atoms with Gasteiger partial charge in [-0.3, -0.25) is 4.79 Å². The number of fused-ring (bicyclic) bond motifs is 1. The molecular weight excluding hydrogens is 370 g/mol. The molecule has 0 aliphatic carbocycles. The minimum absolute atomic E-state index is 0.0419. The maximum absolute atomic E-state index is 12.3. The van der Waals surface area contributed by atoms with E-state index in [0.29, 0.717) is 6.42 Å². The van der Waals surface area contributed by atoms with Gasteiger partial charge in [0, 0.05) is 6.42 Å². The third-order valence-corrected chi connectivity index (χ3v) is 5.74. The molecule has 0 atom stereocenters. The van der Waals surface area contributed by atoms with Gasteiger partial charge in [-0.05, 0) is 44.2 Å². The number of unbranched alkanes of at least 4 members (excludes halogenated alkanes) is 13. The van der Waals surface area contributed by atoms with Crippen molar-refractivity contribution in [3.05, 3.63) is 36.4 Å². The van der Waals surface area contributed by atoms with Crippen molar-refractivity contribution >= 4 is 16.9 Å². The molecule has 4 heteroatoms. The Morgan fingerprint density at radius 1 is 0.800 bits per heavy atom. The summed E-state index contributed by atoms with van der Waals surface area (Å²) in [7, 11) is 0. The Kier molecular flexibility index (Phi) is 12.8. The van der Waals surface area contributed by atoms with Crippen LogP contribution >= 0.6 is 0 Å². The predicted molar refractivity (Wildman–Crippen MR) is 127 cm³/mol. The first kappa shape index (κ1) is 24.3. The van der Waals surface area contributed by atoms with Gasteiger partial charge >= 0.3 is 0 Å². The summed E-state index contributed by atoms with van der Waals surface area (Å²) in [6.45, 7) is 2.28. The lowest BCUT2D eigenvalue weighted by molar-refractivity contribution is 0.0886. The van der Waals surface area contributed by atoms with E-state index in [1.807, 2.05) is 24.3 Å². The van der Waals surface area contributed by atoms with Gasteiger partial charge in [0.05, 0.1) is 5.52 Å². The van der Waals surface area contributed by atoms with E-state index in [1.165, 1.54) is 75.3 Å². The van der Waals surface area contributed by atoms with Crippen LogP contribution < -0.4 is 0 Å². The molecule has 0 radical (unpaired) electrons. The molecule has 1 aromatic heterocycles. The van der Waals surface area contributed by atoms with Gasteiger partial charge in [0.25, 0.3) is 0 Å². The molecule has 0 amide bonds. The van der Waals surface area contributed by atoms with E-state index in [4.69, 9.17) is 0 Å². The molecule has 0 spiro atoms. The Morgan fingerprint density at radius 3 is 2.03 bits per heavy atom. The number of benzene rings is 1. The lowest BCUT2D eigenvalue weighted by atomic mass is 10.1. The number of aromatic nitrogens is 3. The first-order valence-electron chi connectivity index (χ1n) is 12.3. The Hall–Kier alpha value is -1.97. The van der Waals surface area contributed by atoms with Crippen LogP contribution in [0.25, 0.3) is 11.0 Å². The number of rotatable bonds is 17. The highest BCUT2D eigenvalue weighted by Crippen LogP contribution is 2.13. The molecule has 166 valence electrons. The number of carbonyl (C=O) groups is 1. The highest BCUT2D eigenvalue weighted by molar-refractivity contribution is 5.88. The number of nitrogens with zero attached hydrogens (tertiary/aromatic N) is 3. The summed E-state index contributed by atoms with van der Waals surface area (Å²) in [4.78, 5) is 12.3. The topological polar surface area (TPSA) is 47.8 Å².